The summed E-state index contributed by atoms with van der Waals surface area (Å²) in [7, 11) is 0. The van der Waals surface area contributed by atoms with E-state index < -0.39 is 0 Å². The summed E-state index contributed by atoms with van der Waals surface area (Å²) in [5.74, 6) is 0. The minimum atomic E-state index is -0.129. The fraction of sp³-hybridized carbons (Fsp3) is 0.217. The molecule has 1 aliphatic rings. The van der Waals surface area contributed by atoms with E-state index in [-0.39, 0.29) is 5.41 Å². The summed E-state index contributed by atoms with van der Waals surface area (Å²) in [6, 6.07) is 32.7. The maximum Gasteiger partial charge on any atom is 0.0810 e. The van der Waals surface area contributed by atoms with Crippen LogP contribution in [-0.4, -0.2) is 12.7 Å². The van der Waals surface area contributed by atoms with Crippen LogP contribution in [-0.2, 0) is 10.2 Å². The van der Waals surface area contributed by atoms with E-state index in [0.717, 1.165) is 19.4 Å². The lowest BCUT2D eigenvalue weighted by molar-refractivity contribution is 0.375. The predicted molar refractivity (Wildman–Crippen MR) is 98.2 cm³/mol. The van der Waals surface area contributed by atoms with Crippen molar-refractivity contribution in [3.63, 3.8) is 0 Å². The van der Waals surface area contributed by atoms with E-state index in [4.69, 9.17) is 4.74 Å². The molecule has 0 unspecified atom stereocenters. The summed E-state index contributed by atoms with van der Waals surface area (Å²) >= 11 is 0. The second-order valence-electron chi connectivity index (χ2n) is 6.50. The highest BCUT2D eigenvalue weighted by Crippen LogP contribution is 2.44. The van der Waals surface area contributed by atoms with Crippen molar-refractivity contribution in [2.75, 3.05) is 6.61 Å². The maximum absolute atomic E-state index is 5.51. The molecule has 3 aromatic rings. The van der Waals surface area contributed by atoms with Gasteiger partial charge in [-0.05, 0) is 29.5 Å². The molecule has 1 nitrogen and oxygen atoms in total. The van der Waals surface area contributed by atoms with Crippen molar-refractivity contribution < 1.29 is 4.74 Å². The van der Waals surface area contributed by atoms with Crippen LogP contribution >= 0.6 is 0 Å². The minimum Gasteiger partial charge on any atom is -0.373 e. The molecule has 0 aromatic heterocycles. The van der Waals surface area contributed by atoms with Gasteiger partial charge in [0.1, 0.15) is 0 Å². The van der Waals surface area contributed by atoms with Crippen molar-refractivity contribution in [2.24, 2.45) is 0 Å². The molecule has 1 fully saturated rings. The van der Waals surface area contributed by atoms with Gasteiger partial charge in [0.15, 0.2) is 0 Å². The predicted octanol–water partition coefficient (Wildman–Crippen LogP) is 5.20. The third-order valence-electron chi connectivity index (χ3n) is 5.04. The standard InChI is InChI=1S/C23H22O/c1-4-10-19(11-5-1)23(17-16-22-18-24-22,20-12-6-2-7-13-20)21-14-8-3-9-15-21/h1-15,22H,16-18H2/t22-/m1/s1. The van der Waals surface area contributed by atoms with Gasteiger partial charge in [-0.15, -0.1) is 0 Å². The zero-order valence-electron chi connectivity index (χ0n) is 13.8. The van der Waals surface area contributed by atoms with Crippen molar-refractivity contribution in [3.8, 4) is 0 Å². The molecule has 1 saturated heterocycles. The lowest BCUT2D eigenvalue weighted by atomic mass is 9.66. The van der Waals surface area contributed by atoms with E-state index in [1.54, 1.807) is 0 Å². The highest BCUT2D eigenvalue weighted by Gasteiger charge is 2.38. The third kappa shape index (κ3) is 2.88. The van der Waals surface area contributed by atoms with Crippen LogP contribution in [0.3, 0.4) is 0 Å². The lowest BCUT2D eigenvalue weighted by Crippen LogP contribution is -2.30. The van der Waals surface area contributed by atoms with Gasteiger partial charge in [0.2, 0.25) is 0 Å². The van der Waals surface area contributed by atoms with Gasteiger partial charge < -0.3 is 4.74 Å². The number of benzene rings is 3. The first-order valence-corrected chi connectivity index (χ1v) is 8.68. The second kappa shape index (κ2) is 6.62. The van der Waals surface area contributed by atoms with E-state index in [9.17, 15) is 0 Å². The number of rotatable bonds is 6. The third-order valence-corrected chi connectivity index (χ3v) is 5.04. The van der Waals surface area contributed by atoms with Crippen LogP contribution in [0.4, 0.5) is 0 Å². The highest BCUT2D eigenvalue weighted by atomic mass is 16.6. The highest BCUT2D eigenvalue weighted by molar-refractivity contribution is 5.50. The fourth-order valence-corrected chi connectivity index (χ4v) is 3.71. The molecule has 0 N–H and O–H groups in total. The van der Waals surface area contributed by atoms with Crippen molar-refractivity contribution in [3.05, 3.63) is 108 Å². The van der Waals surface area contributed by atoms with Crippen LogP contribution < -0.4 is 0 Å². The molecule has 0 spiro atoms. The Kier molecular flexibility index (Phi) is 4.18. The Balaban J connectivity index is 1.91. The van der Waals surface area contributed by atoms with Gasteiger partial charge in [-0.25, -0.2) is 0 Å². The molecule has 1 heteroatoms. The van der Waals surface area contributed by atoms with E-state index in [2.05, 4.69) is 91.0 Å². The summed E-state index contributed by atoms with van der Waals surface area (Å²) < 4.78 is 5.51. The first-order valence-electron chi connectivity index (χ1n) is 8.68. The maximum atomic E-state index is 5.51. The van der Waals surface area contributed by atoms with Crippen LogP contribution in [0.15, 0.2) is 91.0 Å². The smallest absolute Gasteiger partial charge is 0.0810 e. The summed E-state index contributed by atoms with van der Waals surface area (Å²) in [5.41, 5.74) is 3.92. The van der Waals surface area contributed by atoms with Gasteiger partial charge in [-0.2, -0.15) is 0 Å². The lowest BCUT2D eigenvalue weighted by Gasteiger charge is -2.36. The quantitative estimate of drug-likeness (QED) is 0.450. The average molecular weight is 314 g/mol. The number of epoxide rings is 1. The average Bonchev–Trinajstić information content (AvgIpc) is 3.50. The van der Waals surface area contributed by atoms with Crippen molar-refractivity contribution in [1.29, 1.82) is 0 Å². The second-order valence-corrected chi connectivity index (χ2v) is 6.50. The molecule has 1 heterocycles. The van der Waals surface area contributed by atoms with Crippen LogP contribution in [0.25, 0.3) is 0 Å². The largest absolute Gasteiger partial charge is 0.373 e. The molecule has 120 valence electrons. The normalized spacial score (nSPS) is 16.8. The molecular formula is C23H22O. The van der Waals surface area contributed by atoms with Gasteiger partial charge in [-0.3, -0.25) is 0 Å². The molecule has 4 rings (SSSR count). The SMILES string of the molecule is c1ccc(C(CC[C@@H]2CO2)(c2ccccc2)c2ccccc2)cc1. The number of hydrogen-bond acceptors (Lipinski definition) is 1. The Morgan fingerprint density at radius 1 is 0.667 bits per heavy atom. The van der Waals surface area contributed by atoms with Gasteiger partial charge >= 0.3 is 0 Å². The van der Waals surface area contributed by atoms with Gasteiger partial charge in [0.05, 0.1) is 12.7 Å². The summed E-state index contributed by atoms with van der Waals surface area (Å²) in [6.45, 7) is 0.911. The van der Waals surface area contributed by atoms with Crippen LogP contribution in [0.2, 0.25) is 0 Å². The molecule has 0 amide bonds. The Morgan fingerprint density at radius 3 is 1.38 bits per heavy atom. The molecule has 0 saturated carbocycles. The van der Waals surface area contributed by atoms with Crippen LogP contribution in [0, 0.1) is 0 Å². The van der Waals surface area contributed by atoms with Gasteiger partial charge in [-0.1, -0.05) is 91.0 Å². The van der Waals surface area contributed by atoms with E-state index >= 15 is 0 Å². The summed E-state index contributed by atoms with van der Waals surface area (Å²) in [6.07, 6.45) is 2.56. The molecule has 24 heavy (non-hydrogen) atoms. The Bertz CT molecular complexity index is 664. The first kappa shape index (κ1) is 15.2. The molecule has 0 radical (unpaired) electrons. The van der Waals surface area contributed by atoms with Crippen LogP contribution in [0.5, 0.6) is 0 Å². The first-order chi connectivity index (χ1) is 11.9. The fourth-order valence-electron chi connectivity index (χ4n) is 3.71. The molecule has 0 aliphatic carbocycles. The van der Waals surface area contributed by atoms with E-state index in [1.807, 2.05) is 0 Å². The molecule has 1 aliphatic heterocycles. The zero-order chi connectivity index (χ0) is 16.2. The number of ether oxygens (including phenoxy) is 1. The summed E-state index contributed by atoms with van der Waals surface area (Å²) in [5, 5.41) is 0. The van der Waals surface area contributed by atoms with E-state index in [0.29, 0.717) is 6.10 Å². The van der Waals surface area contributed by atoms with Gasteiger partial charge in [0.25, 0.3) is 0 Å². The van der Waals surface area contributed by atoms with E-state index in [1.165, 1.54) is 16.7 Å². The monoisotopic (exact) mass is 314 g/mol. The molecule has 1 atom stereocenters. The number of hydrogen-bond donors (Lipinski definition) is 0. The zero-order valence-corrected chi connectivity index (χ0v) is 13.8. The van der Waals surface area contributed by atoms with Crippen LogP contribution in [0.1, 0.15) is 29.5 Å². The van der Waals surface area contributed by atoms with Crippen molar-refractivity contribution >= 4 is 0 Å². The Morgan fingerprint density at radius 2 is 1.04 bits per heavy atom. The summed E-state index contributed by atoms with van der Waals surface area (Å²) in [4.78, 5) is 0. The molecule has 0 bridgehead atoms. The van der Waals surface area contributed by atoms with Crippen molar-refractivity contribution in [2.45, 2.75) is 24.4 Å². The Hall–Kier alpha value is -2.38. The van der Waals surface area contributed by atoms with Crippen molar-refractivity contribution in [1.82, 2.24) is 0 Å². The molecular weight excluding hydrogens is 292 g/mol. The topological polar surface area (TPSA) is 12.5 Å². The minimum absolute atomic E-state index is 0.129. The Labute approximate surface area is 143 Å². The molecule has 3 aromatic carbocycles. The van der Waals surface area contributed by atoms with Gasteiger partial charge in [0, 0.05) is 5.41 Å².